The predicted molar refractivity (Wildman–Crippen MR) is 95.0 cm³/mol. The van der Waals surface area contributed by atoms with Crippen molar-refractivity contribution >= 4 is 43.0 Å². The van der Waals surface area contributed by atoms with Crippen molar-refractivity contribution in [1.82, 2.24) is 19.5 Å². The van der Waals surface area contributed by atoms with Gasteiger partial charge >= 0.3 is 26.0 Å². The molecule has 1 aliphatic rings. The lowest BCUT2D eigenvalue weighted by Crippen LogP contribution is -2.35. The van der Waals surface area contributed by atoms with Crippen LogP contribution >= 0.6 is 15.6 Å². The fraction of sp³-hybridized carbons (Fsp3) is 0.500. The molecule has 0 aliphatic carbocycles. The Morgan fingerprint density at radius 3 is 2.52 bits per heavy atom. The number of ether oxygens (including phenoxy) is 1. The van der Waals surface area contributed by atoms with Gasteiger partial charge in [-0.15, -0.1) is 3.97 Å². The van der Waals surface area contributed by atoms with Gasteiger partial charge < -0.3 is 30.3 Å². The molecule has 2 aromatic heterocycles. The van der Waals surface area contributed by atoms with Crippen LogP contribution in [-0.2, 0) is 37.3 Å². The molecule has 174 valence electrons. The molecule has 7 N–H and O–H groups in total. The number of phosphoric acid groups is 2. The van der Waals surface area contributed by atoms with Crippen molar-refractivity contribution in [2.75, 3.05) is 12.3 Å². The van der Waals surface area contributed by atoms with E-state index >= 15 is 0 Å². The van der Waals surface area contributed by atoms with Gasteiger partial charge in [0.05, 0.1) is 12.9 Å². The fourth-order valence-corrected chi connectivity index (χ4v) is 4.77. The molecule has 1 fully saturated rings. The van der Waals surface area contributed by atoms with E-state index in [1.54, 1.807) is 0 Å². The number of aromatic nitrogens is 4. The van der Waals surface area contributed by atoms with Crippen molar-refractivity contribution in [1.29, 1.82) is 0 Å². The molecule has 1 unspecified atom stereocenters. The molecule has 18 nitrogen and oxygen atoms in total. The molecule has 0 aromatic carbocycles. The molecule has 5 atom stereocenters. The van der Waals surface area contributed by atoms with E-state index in [1.165, 1.54) is 0 Å². The highest BCUT2D eigenvalue weighted by atomic mass is 32.3. The number of rotatable bonds is 8. The van der Waals surface area contributed by atoms with Crippen molar-refractivity contribution in [2.45, 2.75) is 24.5 Å². The summed E-state index contributed by atoms with van der Waals surface area (Å²) >= 11 is 0. The Morgan fingerprint density at radius 2 is 1.90 bits per heavy atom. The first-order chi connectivity index (χ1) is 14.2. The zero-order chi connectivity index (χ0) is 23.2. The maximum atomic E-state index is 11.6. The molecule has 2 aromatic rings. The van der Waals surface area contributed by atoms with Crippen LogP contribution in [0.5, 0.6) is 0 Å². The van der Waals surface area contributed by atoms with Crippen LogP contribution in [0.3, 0.4) is 0 Å². The summed E-state index contributed by atoms with van der Waals surface area (Å²) in [4.78, 5) is 39.1. The smallest absolute Gasteiger partial charge is 0.386 e. The average molecular weight is 507 g/mol. The number of aliphatic hydroxyl groups excluding tert-OH is 1. The van der Waals surface area contributed by atoms with E-state index in [0.29, 0.717) is 0 Å². The zero-order valence-corrected chi connectivity index (χ0v) is 17.4. The topological polar surface area (TPSA) is 276 Å². The highest BCUT2D eigenvalue weighted by Crippen LogP contribution is 2.48. The van der Waals surface area contributed by atoms with Crippen LogP contribution in [0.2, 0.25) is 0 Å². The van der Waals surface area contributed by atoms with E-state index in [9.17, 15) is 27.5 Å². The monoisotopic (exact) mass is 507 g/mol. The van der Waals surface area contributed by atoms with Crippen LogP contribution in [0.4, 0.5) is 5.82 Å². The number of hydrogen-bond acceptors (Lipinski definition) is 13. The molecule has 1 aliphatic heterocycles. The summed E-state index contributed by atoms with van der Waals surface area (Å²) in [6.45, 7) is -1.06. The molecule has 0 bridgehead atoms. The highest BCUT2D eigenvalue weighted by molar-refractivity contribution is 7.85. The third-order valence-electron chi connectivity index (χ3n) is 3.82. The van der Waals surface area contributed by atoms with Gasteiger partial charge in [0.2, 0.25) is 0 Å². The number of nitrogen functional groups attached to an aromatic ring is 1. The molecule has 3 heterocycles. The minimum Gasteiger partial charge on any atom is -0.386 e. The molecule has 1 saturated heterocycles. The van der Waals surface area contributed by atoms with E-state index in [2.05, 4.69) is 28.0 Å². The SMILES string of the molecule is Nc1ncnc2c1ncn2[C@H]1O[C@@H](COP(=O)(O)OS(=O)(=O)O)[C@@H](OP(=O)(O)O)[C@H]1O. The number of nitrogens with two attached hydrogens (primary N) is 1. The van der Waals surface area contributed by atoms with Gasteiger partial charge in [-0.05, 0) is 0 Å². The summed E-state index contributed by atoms with van der Waals surface area (Å²) in [7, 11) is -16.0. The van der Waals surface area contributed by atoms with Gasteiger partial charge in [0.25, 0.3) is 0 Å². The maximum Gasteiger partial charge on any atom is 0.488 e. The lowest BCUT2D eigenvalue weighted by atomic mass is 10.1. The molecule has 21 heteroatoms. The lowest BCUT2D eigenvalue weighted by Gasteiger charge is -2.21. The number of imidazole rings is 1. The number of phosphoric ester groups is 2. The Morgan fingerprint density at radius 1 is 1.23 bits per heavy atom. The minimum absolute atomic E-state index is 0.0114. The minimum atomic E-state index is -5.39. The van der Waals surface area contributed by atoms with Gasteiger partial charge in [-0.2, -0.15) is 8.42 Å². The summed E-state index contributed by atoms with van der Waals surface area (Å²) in [6, 6.07) is 0. The predicted octanol–water partition coefficient (Wildman–Crippen LogP) is -1.92. The van der Waals surface area contributed by atoms with Crippen LogP contribution in [0.1, 0.15) is 6.23 Å². The summed E-state index contributed by atoms with van der Waals surface area (Å²) in [5.74, 6) is -0.0114. The Hall–Kier alpha value is -1.60. The summed E-state index contributed by atoms with van der Waals surface area (Å²) in [6.07, 6.45) is -4.54. The second-order valence-electron chi connectivity index (χ2n) is 5.97. The van der Waals surface area contributed by atoms with Crippen molar-refractivity contribution in [3.8, 4) is 0 Å². The van der Waals surface area contributed by atoms with E-state index < -0.39 is 57.2 Å². The van der Waals surface area contributed by atoms with Crippen molar-refractivity contribution in [2.24, 2.45) is 0 Å². The molecule has 0 radical (unpaired) electrons. The second kappa shape index (κ2) is 8.39. The van der Waals surface area contributed by atoms with Crippen molar-refractivity contribution in [3.63, 3.8) is 0 Å². The average Bonchev–Trinajstić information content (AvgIpc) is 3.13. The third kappa shape index (κ3) is 5.80. The number of nitrogens with zero attached hydrogens (tertiary/aromatic N) is 4. The van der Waals surface area contributed by atoms with E-state index in [0.717, 1.165) is 17.2 Å². The summed E-state index contributed by atoms with van der Waals surface area (Å²) in [5, 5.41) is 10.5. The number of aliphatic hydroxyl groups is 1. The Labute approximate surface area is 172 Å². The van der Waals surface area contributed by atoms with Crippen LogP contribution in [0, 0.1) is 0 Å². The first-order valence-corrected chi connectivity index (χ1v) is 12.2. The maximum absolute atomic E-state index is 11.6. The summed E-state index contributed by atoms with van der Waals surface area (Å²) in [5.41, 5.74) is 5.85. The Bertz CT molecular complexity index is 1170. The van der Waals surface area contributed by atoms with Gasteiger partial charge in [-0.3, -0.25) is 18.2 Å². The first-order valence-electron chi connectivity index (χ1n) is 7.83. The molecule has 31 heavy (non-hydrogen) atoms. The largest absolute Gasteiger partial charge is 0.488 e. The van der Waals surface area contributed by atoms with Crippen molar-refractivity contribution in [3.05, 3.63) is 12.7 Å². The molecule has 0 amide bonds. The second-order valence-corrected chi connectivity index (χ2v) is 9.80. The van der Waals surface area contributed by atoms with Crippen LogP contribution in [0.25, 0.3) is 11.2 Å². The quantitative estimate of drug-likeness (QED) is 0.168. The van der Waals surface area contributed by atoms with Gasteiger partial charge in [0.1, 0.15) is 30.2 Å². The zero-order valence-electron chi connectivity index (χ0n) is 14.8. The molecular weight excluding hydrogens is 492 g/mol. The molecule has 3 rings (SSSR count). The molecular formula is C10H15N5O13P2S. The molecule has 0 spiro atoms. The van der Waals surface area contributed by atoms with Crippen LogP contribution in [-0.4, -0.2) is 77.2 Å². The standard InChI is InChI=1S/C10H15N5O13P2S/c11-8-5-9(13-2-12-8)15(3-14-5)10-6(16)7(27-29(17,18)19)4(26-10)1-25-30(20,21)28-31(22,23)24/h2-4,6-7,10,16H,1H2,(H,20,21)(H2,11,12,13)(H2,17,18,19)(H,22,23,24)/t4-,6+,7+,10-/m0/s1. The number of fused-ring (bicyclic) bond motifs is 1. The van der Waals surface area contributed by atoms with Crippen molar-refractivity contribution < 1.29 is 59.6 Å². The van der Waals surface area contributed by atoms with Crippen LogP contribution in [0.15, 0.2) is 12.7 Å². The number of hydrogen-bond donors (Lipinski definition) is 6. The van der Waals surface area contributed by atoms with Crippen LogP contribution < -0.4 is 5.73 Å². The highest BCUT2D eigenvalue weighted by Gasteiger charge is 2.49. The van der Waals surface area contributed by atoms with E-state index in [1.807, 2.05) is 0 Å². The third-order valence-corrected chi connectivity index (χ3v) is 6.32. The van der Waals surface area contributed by atoms with Gasteiger partial charge in [0, 0.05) is 0 Å². The number of anilines is 1. The Balaban J connectivity index is 1.88. The van der Waals surface area contributed by atoms with E-state index in [4.69, 9.17) is 24.8 Å². The van der Waals surface area contributed by atoms with Gasteiger partial charge in [-0.1, -0.05) is 0 Å². The Kier molecular flexibility index (Phi) is 6.51. The van der Waals surface area contributed by atoms with Gasteiger partial charge in [-0.25, -0.2) is 24.1 Å². The first kappa shape index (κ1) is 24.1. The lowest BCUT2D eigenvalue weighted by molar-refractivity contribution is -0.0499. The van der Waals surface area contributed by atoms with E-state index in [-0.39, 0.29) is 17.0 Å². The molecule has 0 saturated carbocycles. The summed E-state index contributed by atoms with van der Waals surface area (Å²) < 4.78 is 71.5. The normalized spacial score (nSPS) is 26.9. The van der Waals surface area contributed by atoms with Gasteiger partial charge in [0.15, 0.2) is 17.7 Å². The fourth-order valence-electron chi connectivity index (χ4n) is 2.74.